The number of halogens is 4. The van der Waals surface area contributed by atoms with Crippen LogP contribution in [0.3, 0.4) is 0 Å². The number of nitrogens with zero attached hydrogens (tertiary/aromatic N) is 2. The molecule has 1 aliphatic carbocycles. The topological polar surface area (TPSA) is 28.2 Å². The predicted octanol–water partition coefficient (Wildman–Crippen LogP) is 6.56. The SMILES string of the molecule is Fc1cccc(NSc2c(Cl)cc(N3CC4(CCCCC4)C3)c(Cl)c2F)n1. The summed E-state index contributed by atoms with van der Waals surface area (Å²) in [7, 11) is 0. The fourth-order valence-corrected chi connectivity index (χ4v) is 5.30. The number of anilines is 2. The Kier molecular flexibility index (Phi) is 5.41. The Morgan fingerprint density at radius 3 is 2.56 bits per heavy atom. The quantitative estimate of drug-likeness (QED) is 0.338. The fourth-order valence-electron chi connectivity index (χ4n) is 4.01. The number of pyridine rings is 1. The summed E-state index contributed by atoms with van der Waals surface area (Å²) in [4.78, 5) is 5.96. The molecule has 1 aromatic heterocycles. The second-order valence-electron chi connectivity index (χ2n) is 7.30. The molecule has 0 bridgehead atoms. The normalized spacial score (nSPS) is 18.4. The highest BCUT2D eigenvalue weighted by atomic mass is 35.5. The molecule has 27 heavy (non-hydrogen) atoms. The van der Waals surface area contributed by atoms with Crippen LogP contribution in [0.5, 0.6) is 0 Å². The van der Waals surface area contributed by atoms with Crippen LogP contribution < -0.4 is 9.62 Å². The number of nitrogens with one attached hydrogen (secondary N) is 1. The van der Waals surface area contributed by atoms with E-state index in [1.165, 1.54) is 44.2 Å². The predicted molar refractivity (Wildman–Crippen MR) is 108 cm³/mol. The largest absolute Gasteiger partial charge is 0.369 e. The molecule has 3 nitrogen and oxygen atoms in total. The summed E-state index contributed by atoms with van der Waals surface area (Å²) < 4.78 is 30.8. The van der Waals surface area contributed by atoms with Crippen LogP contribution in [-0.4, -0.2) is 18.1 Å². The van der Waals surface area contributed by atoms with Crippen molar-refractivity contribution >= 4 is 46.7 Å². The van der Waals surface area contributed by atoms with Gasteiger partial charge in [0, 0.05) is 18.5 Å². The van der Waals surface area contributed by atoms with Gasteiger partial charge in [0.15, 0.2) is 5.82 Å². The molecule has 2 heterocycles. The number of aromatic nitrogens is 1. The lowest BCUT2D eigenvalue weighted by Gasteiger charge is -2.53. The van der Waals surface area contributed by atoms with E-state index in [0.717, 1.165) is 25.0 Å². The van der Waals surface area contributed by atoms with Crippen LogP contribution in [0.15, 0.2) is 29.2 Å². The van der Waals surface area contributed by atoms with Crippen LogP contribution in [0.4, 0.5) is 20.3 Å². The van der Waals surface area contributed by atoms with Crippen molar-refractivity contribution in [2.45, 2.75) is 37.0 Å². The van der Waals surface area contributed by atoms with Gasteiger partial charge in [-0.3, -0.25) is 0 Å². The molecule has 144 valence electrons. The average Bonchev–Trinajstić information content (AvgIpc) is 2.63. The Morgan fingerprint density at radius 1 is 1.11 bits per heavy atom. The first-order valence-corrected chi connectivity index (χ1v) is 10.5. The number of rotatable bonds is 4. The van der Waals surface area contributed by atoms with Crippen LogP contribution in [0.2, 0.25) is 10.0 Å². The van der Waals surface area contributed by atoms with Gasteiger partial charge in [0.05, 0.1) is 15.6 Å². The van der Waals surface area contributed by atoms with Crippen molar-refractivity contribution in [1.82, 2.24) is 4.98 Å². The minimum absolute atomic E-state index is 0.0709. The summed E-state index contributed by atoms with van der Waals surface area (Å²) in [5.74, 6) is -0.912. The van der Waals surface area contributed by atoms with Gasteiger partial charge in [0.25, 0.3) is 0 Å². The average molecular weight is 430 g/mol. The van der Waals surface area contributed by atoms with Crippen molar-refractivity contribution < 1.29 is 8.78 Å². The van der Waals surface area contributed by atoms with Crippen LogP contribution >= 0.6 is 35.1 Å². The van der Waals surface area contributed by atoms with Crippen LogP contribution in [0, 0.1) is 17.2 Å². The van der Waals surface area contributed by atoms with Gasteiger partial charge in [-0.1, -0.05) is 48.5 Å². The van der Waals surface area contributed by atoms with Gasteiger partial charge in [-0.25, -0.2) is 9.37 Å². The molecule has 8 heteroatoms. The van der Waals surface area contributed by atoms with Gasteiger partial charge in [-0.05, 0) is 43.0 Å². The lowest BCUT2D eigenvalue weighted by atomic mass is 9.68. The molecule has 1 aromatic carbocycles. The van der Waals surface area contributed by atoms with E-state index in [-0.39, 0.29) is 20.8 Å². The van der Waals surface area contributed by atoms with Gasteiger partial charge < -0.3 is 9.62 Å². The lowest BCUT2D eigenvalue weighted by molar-refractivity contribution is 0.139. The van der Waals surface area contributed by atoms with Crippen molar-refractivity contribution in [1.29, 1.82) is 0 Å². The number of benzene rings is 1. The minimum atomic E-state index is -0.616. The van der Waals surface area contributed by atoms with E-state index in [0.29, 0.717) is 11.1 Å². The smallest absolute Gasteiger partial charge is 0.214 e. The van der Waals surface area contributed by atoms with Gasteiger partial charge >= 0.3 is 0 Å². The molecule has 1 N–H and O–H groups in total. The Bertz CT molecular complexity index is 851. The third kappa shape index (κ3) is 3.84. The second kappa shape index (κ2) is 7.64. The molecular formula is C19H19Cl2F2N3S. The third-order valence-corrected chi connectivity index (χ3v) is 7.06. The van der Waals surface area contributed by atoms with Crippen LogP contribution in [-0.2, 0) is 0 Å². The molecule has 1 spiro atoms. The summed E-state index contributed by atoms with van der Waals surface area (Å²) in [6.07, 6.45) is 6.31. The van der Waals surface area contributed by atoms with E-state index in [9.17, 15) is 8.78 Å². The van der Waals surface area contributed by atoms with Gasteiger partial charge in [-0.15, -0.1) is 0 Å². The van der Waals surface area contributed by atoms with E-state index < -0.39 is 11.8 Å². The molecule has 0 unspecified atom stereocenters. The molecule has 2 fully saturated rings. The van der Waals surface area contributed by atoms with Crippen molar-refractivity contribution in [2.24, 2.45) is 5.41 Å². The van der Waals surface area contributed by atoms with Crippen LogP contribution in [0.1, 0.15) is 32.1 Å². The summed E-state index contributed by atoms with van der Waals surface area (Å²) in [6, 6.07) is 6.05. The first-order chi connectivity index (χ1) is 13.0. The second-order valence-corrected chi connectivity index (χ2v) is 8.90. The molecule has 1 saturated heterocycles. The highest BCUT2D eigenvalue weighted by molar-refractivity contribution is 8.00. The molecule has 2 aromatic rings. The summed E-state index contributed by atoms with van der Waals surface area (Å²) >= 11 is 13.6. The standard InChI is InChI=1S/C19H19Cl2F2N3S/c20-12-9-13(26-10-19(11-26)7-2-1-3-8-19)16(21)17(23)18(12)27-25-15-6-4-5-14(22)24-15/h4-6,9H,1-3,7-8,10-11H2,(H,24,25). The van der Waals surface area contributed by atoms with E-state index in [4.69, 9.17) is 23.2 Å². The molecule has 2 aliphatic rings. The van der Waals surface area contributed by atoms with E-state index in [1.807, 2.05) is 0 Å². The first-order valence-electron chi connectivity index (χ1n) is 8.95. The lowest BCUT2D eigenvalue weighted by Crippen LogP contribution is -2.57. The Labute approximate surface area is 171 Å². The Hall–Kier alpha value is -1.24. The highest BCUT2D eigenvalue weighted by Gasteiger charge is 2.44. The van der Waals surface area contributed by atoms with Crippen molar-refractivity contribution in [3.63, 3.8) is 0 Å². The maximum absolute atomic E-state index is 14.9. The van der Waals surface area contributed by atoms with Crippen LogP contribution in [0.25, 0.3) is 0 Å². The fraction of sp³-hybridized carbons (Fsp3) is 0.421. The molecule has 1 aliphatic heterocycles. The molecule has 1 saturated carbocycles. The zero-order valence-corrected chi connectivity index (χ0v) is 16.9. The van der Waals surface area contributed by atoms with Gasteiger partial charge in [0.1, 0.15) is 10.8 Å². The van der Waals surface area contributed by atoms with Crippen molar-refractivity contribution in [3.8, 4) is 0 Å². The molecular weight excluding hydrogens is 411 g/mol. The highest BCUT2D eigenvalue weighted by Crippen LogP contribution is 2.49. The summed E-state index contributed by atoms with van der Waals surface area (Å²) in [6.45, 7) is 1.81. The maximum Gasteiger partial charge on any atom is 0.214 e. The van der Waals surface area contributed by atoms with Crippen molar-refractivity contribution in [3.05, 3.63) is 46.1 Å². The van der Waals surface area contributed by atoms with E-state index in [1.54, 1.807) is 12.1 Å². The summed E-state index contributed by atoms with van der Waals surface area (Å²) in [5.41, 5.74) is 1.01. The zero-order valence-electron chi connectivity index (χ0n) is 14.6. The molecule has 0 amide bonds. The number of hydrogen-bond acceptors (Lipinski definition) is 4. The van der Waals surface area contributed by atoms with Gasteiger partial charge in [-0.2, -0.15) is 4.39 Å². The van der Waals surface area contributed by atoms with E-state index >= 15 is 0 Å². The Morgan fingerprint density at radius 2 is 1.85 bits per heavy atom. The summed E-state index contributed by atoms with van der Waals surface area (Å²) in [5, 5.41) is 0.340. The molecule has 0 radical (unpaired) electrons. The monoisotopic (exact) mass is 429 g/mol. The zero-order chi connectivity index (χ0) is 19.0. The van der Waals surface area contributed by atoms with Crippen molar-refractivity contribution in [2.75, 3.05) is 22.7 Å². The molecule has 4 rings (SSSR count). The third-order valence-electron chi connectivity index (χ3n) is 5.38. The van der Waals surface area contributed by atoms with Gasteiger partial charge in [0.2, 0.25) is 5.95 Å². The molecule has 0 atom stereocenters. The first kappa shape index (κ1) is 19.1. The Balaban J connectivity index is 1.50. The maximum atomic E-state index is 14.9. The number of hydrogen-bond donors (Lipinski definition) is 1. The van der Waals surface area contributed by atoms with E-state index in [2.05, 4.69) is 14.6 Å². The minimum Gasteiger partial charge on any atom is -0.369 e.